The van der Waals surface area contributed by atoms with E-state index in [-0.39, 0.29) is 5.91 Å². The number of carboxylic acid groups (broad SMARTS) is 1. The molecule has 2 aliphatic rings. The van der Waals surface area contributed by atoms with Crippen molar-refractivity contribution < 1.29 is 19.4 Å². The molecule has 8 heteroatoms. The van der Waals surface area contributed by atoms with Crippen LogP contribution in [0, 0.1) is 13.8 Å². The van der Waals surface area contributed by atoms with Crippen molar-refractivity contribution >= 4 is 34.6 Å². The summed E-state index contributed by atoms with van der Waals surface area (Å²) in [6.07, 6.45) is 2.15. The number of carbonyl (C=O) groups excluding carboxylic acids is 1. The third-order valence-corrected chi connectivity index (χ3v) is 7.55. The zero-order valence-corrected chi connectivity index (χ0v) is 16.3. The highest BCUT2D eigenvalue weighted by molar-refractivity contribution is 7.14. The molecule has 1 fully saturated rings. The first-order valence-corrected chi connectivity index (χ1v) is 10.3. The van der Waals surface area contributed by atoms with Gasteiger partial charge in [-0.15, -0.1) is 22.7 Å². The van der Waals surface area contributed by atoms with Crippen molar-refractivity contribution in [1.82, 2.24) is 9.88 Å². The number of hydrogen-bond acceptors (Lipinski definition) is 6. The third-order valence-electron chi connectivity index (χ3n) is 5.14. The molecule has 1 saturated heterocycles. The minimum absolute atomic E-state index is 0.0383. The number of likely N-dealkylation sites (tertiary alicyclic amines) is 1. The van der Waals surface area contributed by atoms with E-state index in [1.807, 2.05) is 18.7 Å². The molecule has 2 aliphatic heterocycles. The molecule has 2 aromatic heterocycles. The van der Waals surface area contributed by atoms with Crippen LogP contribution in [0.4, 0.5) is 0 Å². The van der Waals surface area contributed by atoms with E-state index in [1.165, 1.54) is 22.7 Å². The summed E-state index contributed by atoms with van der Waals surface area (Å²) in [7, 11) is 0. The van der Waals surface area contributed by atoms with Gasteiger partial charge >= 0.3 is 5.97 Å². The van der Waals surface area contributed by atoms with Gasteiger partial charge in [0.25, 0.3) is 5.91 Å². The minimum Gasteiger partial charge on any atom is -0.477 e. The Labute approximate surface area is 159 Å². The van der Waals surface area contributed by atoms with Gasteiger partial charge in [-0.05, 0) is 44.7 Å². The van der Waals surface area contributed by atoms with Gasteiger partial charge in [0.05, 0.1) is 17.3 Å². The lowest BCUT2D eigenvalue weighted by molar-refractivity contribution is -0.0905. The second-order valence-corrected chi connectivity index (χ2v) is 9.06. The van der Waals surface area contributed by atoms with Crippen LogP contribution in [0.25, 0.3) is 0 Å². The maximum Gasteiger partial charge on any atom is 0.345 e. The highest BCUT2D eigenvalue weighted by Crippen LogP contribution is 2.45. The minimum atomic E-state index is -0.886. The summed E-state index contributed by atoms with van der Waals surface area (Å²) >= 11 is 2.77. The molecule has 4 heterocycles. The maximum atomic E-state index is 12.8. The van der Waals surface area contributed by atoms with Crippen LogP contribution in [0.15, 0.2) is 6.07 Å². The Morgan fingerprint density at radius 3 is 2.62 bits per heavy atom. The first-order chi connectivity index (χ1) is 12.4. The van der Waals surface area contributed by atoms with Crippen molar-refractivity contribution in [2.24, 2.45) is 0 Å². The maximum absolute atomic E-state index is 12.8. The molecule has 0 aromatic carbocycles. The van der Waals surface area contributed by atoms with E-state index in [4.69, 9.17) is 4.74 Å². The largest absolute Gasteiger partial charge is 0.477 e. The third kappa shape index (κ3) is 2.86. The lowest BCUT2D eigenvalue weighted by Gasteiger charge is -2.43. The summed E-state index contributed by atoms with van der Waals surface area (Å²) in [6.45, 7) is 5.60. The number of carbonyl (C=O) groups is 2. The molecule has 0 radical (unpaired) electrons. The average molecular weight is 393 g/mol. The standard InChI is InChI=1S/C18H20N2O4S2/c1-10-14(25-11(2)19-10)16(21)20-6-4-18(5-7-20)15-12(3-8-24-18)9-13(26-15)17(22)23/h9H,3-8H2,1-2H3,(H,22,23). The molecule has 0 saturated carbocycles. The quantitative estimate of drug-likeness (QED) is 0.849. The Kier molecular flexibility index (Phi) is 4.37. The number of amides is 1. The number of hydrogen-bond donors (Lipinski definition) is 1. The molecule has 0 atom stereocenters. The van der Waals surface area contributed by atoms with Crippen LogP contribution in [0.3, 0.4) is 0 Å². The number of ether oxygens (including phenoxy) is 1. The fourth-order valence-corrected chi connectivity index (χ4v) is 5.98. The van der Waals surface area contributed by atoms with Gasteiger partial charge < -0.3 is 14.7 Å². The predicted octanol–water partition coefficient (Wildman–Crippen LogP) is 3.22. The number of fused-ring (bicyclic) bond motifs is 2. The fraction of sp³-hybridized carbons (Fsp3) is 0.500. The number of thiophene rings is 1. The van der Waals surface area contributed by atoms with E-state index in [9.17, 15) is 14.7 Å². The summed E-state index contributed by atoms with van der Waals surface area (Å²) in [5, 5.41) is 10.2. The first-order valence-electron chi connectivity index (χ1n) is 8.63. The van der Waals surface area contributed by atoms with Gasteiger partial charge in [-0.1, -0.05) is 0 Å². The van der Waals surface area contributed by atoms with Gasteiger partial charge in [0, 0.05) is 18.0 Å². The molecule has 6 nitrogen and oxygen atoms in total. The SMILES string of the molecule is Cc1nc(C)c(C(=O)N2CCC3(CC2)OCCc2cc(C(=O)O)sc23)s1. The topological polar surface area (TPSA) is 79.7 Å². The van der Waals surface area contributed by atoms with Crippen molar-refractivity contribution in [2.75, 3.05) is 19.7 Å². The van der Waals surface area contributed by atoms with Gasteiger partial charge in [-0.2, -0.15) is 0 Å². The molecule has 1 amide bonds. The number of rotatable bonds is 2. The fourth-order valence-electron chi connectivity index (χ4n) is 3.84. The molecular weight excluding hydrogens is 372 g/mol. The van der Waals surface area contributed by atoms with Crippen LogP contribution in [-0.2, 0) is 16.8 Å². The first kappa shape index (κ1) is 17.6. The van der Waals surface area contributed by atoms with Crippen molar-refractivity contribution in [3.63, 3.8) is 0 Å². The summed E-state index contributed by atoms with van der Waals surface area (Å²) in [5.41, 5.74) is 1.44. The van der Waals surface area contributed by atoms with Crippen LogP contribution >= 0.6 is 22.7 Å². The van der Waals surface area contributed by atoms with Crippen LogP contribution in [0.1, 0.15) is 53.3 Å². The molecule has 2 aromatic rings. The van der Waals surface area contributed by atoms with Crippen LogP contribution in [-0.4, -0.2) is 46.6 Å². The number of aromatic nitrogens is 1. The summed E-state index contributed by atoms with van der Waals surface area (Å²) < 4.78 is 6.16. The van der Waals surface area contributed by atoms with E-state index < -0.39 is 11.6 Å². The van der Waals surface area contributed by atoms with E-state index in [0.717, 1.165) is 27.6 Å². The Morgan fingerprint density at radius 1 is 1.27 bits per heavy atom. The lowest BCUT2D eigenvalue weighted by atomic mass is 9.85. The van der Waals surface area contributed by atoms with Crippen molar-refractivity contribution in [1.29, 1.82) is 0 Å². The average Bonchev–Trinajstić information content (AvgIpc) is 3.19. The molecule has 0 unspecified atom stereocenters. The van der Waals surface area contributed by atoms with Gasteiger partial charge in [0.15, 0.2) is 0 Å². The monoisotopic (exact) mass is 392 g/mol. The van der Waals surface area contributed by atoms with E-state index >= 15 is 0 Å². The van der Waals surface area contributed by atoms with E-state index in [0.29, 0.717) is 42.3 Å². The molecule has 26 heavy (non-hydrogen) atoms. The lowest BCUT2D eigenvalue weighted by Crippen LogP contribution is -2.47. The molecule has 1 spiro atoms. The van der Waals surface area contributed by atoms with Gasteiger partial charge in [0.1, 0.15) is 15.4 Å². The number of nitrogens with zero attached hydrogens (tertiary/aromatic N) is 2. The molecule has 0 bridgehead atoms. The van der Waals surface area contributed by atoms with E-state index in [1.54, 1.807) is 6.07 Å². The molecule has 1 N–H and O–H groups in total. The number of carboxylic acids is 1. The second-order valence-electron chi connectivity index (χ2n) is 6.80. The number of piperidine rings is 1. The van der Waals surface area contributed by atoms with Gasteiger partial charge in [0.2, 0.25) is 0 Å². The van der Waals surface area contributed by atoms with E-state index in [2.05, 4.69) is 4.98 Å². The molecule has 138 valence electrons. The predicted molar refractivity (Wildman–Crippen MR) is 99.3 cm³/mol. The van der Waals surface area contributed by atoms with Crippen LogP contribution in [0.2, 0.25) is 0 Å². The number of thiazole rings is 1. The highest BCUT2D eigenvalue weighted by Gasteiger charge is 2.43. The van der Waals surface area contributed by atoms with Crippen LogP contribution < -0.4 is 0 Å². The van der Waals surface area contributed by atoms with Crippen molar-refractivity contribution in [3.05, 3.63) is 37.0 Å². The second kappa shape index (κ2) is 6.44. The van der Waals surface area contributed by atoms with Crippen molar-refractivity contribution in [3.8, 4) is 0 Å². The summed E-state index contributed by atoms with van der Waals surface area (Å²) in [6, 6.07) is 1.79. The number of aromatic carboxylic acids is 1. The summed E-state index contributed by atoms with van der Waals surface area (Å²) in [4.78, 5) is 32.5. The Balaban J connectivity index is 1.55. The summed E-state index contributed by atoms with van der Waals surface area (Å²) in [5.74, 6) is -0.848. The Hall–Kier alpha value is -1.77. The van der Waals surface area contributed by atoms with Crippen molar-refractivity contribution in [2.45, 2.75) is 38.7 Å². The Morgan fingerprint density at radius 2 is 2.00 bits per heavy atom. The normalized spacial score (nSPS) is 18.8. The zero-order valence-electron chi connectivity index (χ0n) is 14.7. The molecular formula is C18H20N2O4S2. The molecule has 0 aliphatic carbocycles. The zero-order chi connectivity index (χ0) is 18.5. The highest BCUT2D eigenvalue weighted by atomic mass is 32.1. The van der Waals surface area contributed by atoms with Crippen LogP contribution in [0.5, 0.6) is 0 Å². The van der Waals surface area contributed by atoms with Gasteiger partial charge in [-0.3, -0.25) is 4.79 Å². The smallest absolute Gasteiger partial charge is 0.345 e. The van der Waals surface area contributed by atoms with Gasteiger partial charge in [-0.25, -0.2) is 9.78 Å². The Bertz CT molecular complexity index is 878. The molecule has 4 rings (SSSR count). The number of aryl methyl sites for hydroxylation is 2.